The molecule has 1 aliphatic heterocycles. The smallest absolute Gasteiger partial charge is 0.274 e. The van der Waals surface area contributed by atoms with Crippen molar-refractivity contribution in [2.75, 3.05) is 18.0 Å². The predicted molar refractivity (Wildman–Crippen MR) is 117 cm³/mol. The number of nitrogens with zero attached hydrogens (tertiary/aromatic N) is 5. The van der Waals surface area contributed by atoms with Gasteiger partial charge in [0.1, 0.15) is 5.82 Å². The van der Waals surface area contributed by atoms with Crippen molar-refractivity contribution in [2.45, 2.75) is 46.1 Å². The van der Waals surface area contributed by atoms with Gasteiger partial charge < -0.3 is 10.2 Å². The van der Waals surface area contributed by atoms with Crippen molar-refractivity contribution >= 4 is 11.7 Å². The first kappa shape index (κ1) is 20.1. The number of rotatable bonds is 5. The normalized spacial score (nSPS) is 14.4. The SMILES string of the molecule is Cc1ccc(-n2nnc(C(=O)NCc3ccc(N4CCCCCC4)nc3)c2C)cc1. The van der Waals surface area contributed by atoms with Crippen molar-refractivity contribution in [2.24, 2.45) is 0 Å². The molecule has 0 unspecified atom stereocenters. The lowest BCUT2D eigenvalue weighted by molar-refractivity contribution is 0.0945. The molecule has 0 saturated carbocycles. The molecule has 30 heavy (non-hydrogen) atoms. The number of benzene rings is 1. The van der Waals surface area contributed by atoms with Crippen molar-refractivity contribution in [3.63, 3.8) is 0 Å². The summed E-state index contributed by atoms with van der Waals surface area (Å²) in [5.41, 5.74) is 4.07. The molecule has 1 N–H and O–H groups in total. The molecule has 7 heteroatoms. The lowest BCUT2D eigenvalue weighted by Crippen LogP contribution is -2.26. The highest BCUT2D eigenvalue weighted by Crippen LogP contribution is 2.18. The zero-order chi connectivity index (χ0) is 20.9. The first-order valence-corrected chi connectivity index (χ1v) is 10.6. The second-order valence-electron chi connectivity index (χ2n) is 7.88. The highest BCUT2D eigenvalue weighted by molar-refractivity contribution is 5.93. The first-order chi connectivity index (χ1) is 14.6. The Kier molecular flexibility index (Phi) is 6.07. The summed E-state index contributed by atoms with van der Waals surface area (Å²) in [5, 5.41) is 11.2. The van der Waals surface area contributed by atoms with Gasteiger partial charge in [-0.25, -0.2) is 9.67 Å². The van der Waals surface area contributed by atoms with E-state index in [-0.39, 0.29) is 5.91 Å². The molecular formula is C23H28N6O. The zero-order valence-electron chi connectivity index (χ0n) is 17.6. The monoisotopic (exact) mass is 404 g/mol. The van der Waals surface area contributed by atoms with Crippen molar-refractivity contribution in [1.82, 2.24) is 25.3 Å². The molecule has 0 spiro atoms. The Morgan fingerprint density at radius 2 is 1.73 bits per heavy atom. The minimum atomic E-state index is -0.234. The van der Waals surface area contributed by atoms with Crippen molar-refractivity contribution < 1.29 is 4.79 Å². The Bertz CT molecular complexity index is 986. The molecule has 1 aromatic carbocycles. The molecule has 7 nitrogen and oxygen atoms in total. The van der Waals surface area contributed by atoms with Gasteiger partial charge in [0, 0.05) is 25.8 Å². The van der Waals surface area contributed by atoms with Crippen molar-refractivity contribution in [3.8, 4) is 5.69 Å². The third-order valence-corrected chi connectivity index (χ3v) is 5.58. The molecule has 0 radical (unpaired) electrons. The number of anilines is 1. The van der Waals surface area contributed by atoms with Gasteiger partial charge in [-0.1, -0.05) is 41.8 Å². The molecule has 1 amide bonds. The molecule has 156 valence electrons. The van der Waals surface area contributed by atoms with Crippen LogP contribution in [0, 0.1) is 13.8 Å². The van der Waals surface area contributed by atoms with Gasteiger partial charge in [-0.15, -0.1) is 5.10 Å². The lowest BCUT2D eigenvalue weighted by Gasteiger charge is -2.21. The van der Waals surface area contributed by atoms with Crippen LogP contribution in [-0.4, -0.2) is 39.0 Å². The molecule has 1 aliphatic rings. The van der Waals surface area contributed by atoms with E-state index in [0.717, 1.165) is 30.2 Å². The van der Waals surface area contributed by atoms with Crippen LogP contribution in [0.1, 0.15) is 53.0 Å². The topological polar surface area (TPSA) is 75.9 Å². The van der Waals surface area contributed by atoms with Gasteiger partial charge in [-0.2, -0.15) is 0 Å². The number of hydrogen-bond donors (Lipinski definition) is 1. The molecule has 0 bridgehead atoms. The summed E-state index contributed by atoms with van der Waals surface area (Å²) in [5.74, 6) is 0.784. The second-order valence-corrected chi connectivity index (χ2v) is 7.88. The molecular weight excluding hydrogens is 376 g/mol. The minimum absolute atomic E-state index is 0.234. The summed E-state index contributed by atoms with van der Waals surface area (Å²) >= 11 is 0. The number of carbonyl (C=O) groups is 1. The Morgan fingerprint density at radius 1 is 1.00 bits per heavy atom. The van der Waals surface area contributed by atoms with Crippen LogP contribution >= 0.6 is 0 Å². The molecule has 2 aromatic heterocycles. The van der Waals surface area contributed by atoms with Crippen LogP contribution in [0.25, 0.3) is 5.69 Å². The molecule has 3 aromatic rings. The fraction of sp³-hybridized carbons (Fsp3) is 0.391. The van der Waals surface area contributed by atoms with E-state index < -0.39 is 0 Å². The third kappa shape index (κ3) is 4.50. The third-order valence-electron chi connectivity index (χ3n) is 5.58. The van der Waals surface area contributed by atoms with Crippen LogP contribution < -0.4 is 10.2 Å². The Labute approximate surface area is 177 Å². The Hall–Kier alpha value is -3.22. The van der Waals surface area contributed by atoms with Gasteiger partial charge in [0.15, 0.2) is 5.69 Å². The van der Waals surface area contributed by atoms with Gasteiger partial charge in [0.25, 0.3) is 5.91 Å². The standard InChI is InChI=1S/C23H28N6O/c1-17-7-10-20(11-8-17)29-18(2)22(26-27-29)23(30)25-16-19-9-12-21(24-15-19)28-13-5-3-4-6-14-28/h7-12,15H,3-6,13-14,16H2,1-2H3,(H,25,30). The fourth-order valence-corrected chi connectivity index (χ4v) is 3.74. The van der Waals surface area contributed by atoms with Crippen LogP contribution in [0.15, 0.2) is 42.6 Å². The van der Waals surface area contributed by atoms with E-state index in [9.17, 15) is 4.79 Å². The summed E-state index contributed by atoms with van der Waals surface area (Å²) in [6.45, 7) is 6.43. The molecule has 1 fully saturated rings. The summed E-state index contributed by atoms with van der Waals surface area (Å²) in [6.07, 6.45) is 6.89. The zero-order valence-corrected chi connectivity index (χ0v) is 17.6. The fourth-order valence-electron chi connectivity index (χ4n) is 3.74. The Balaban J connectivity index is 1.38. The largest absolute Gasteiger partial charge is 0.357 e. The summed E-state index contributed by atoms with van der Waals surface area (Å²) in [7, 11) is 0. The van der Waals surface area contributed by atoms with E-state index in [1.165, 1.54) is 31.2 Å². The summed E-state index contributed by atoms with van der Waals surface area (Å²) < 4.78 is 1.69. The second kappa shape index (κ2) is 9.07. The predicted octanol–water partition coefficient (Wildman–Crippen LogP) is 3.59. The number of carbonyl (C=O) groups excluding carboxylic acids is 1. The number of nitrogens with one attached hydrogen (secondary N) is 1. The van der Waals surface area contributed by atoms with Crippen molar-refractivity contribution in [1.29, 1.82) is 0 Å². The average molecular weight is 405 g/mol. The number of aromatic nitrogens is 4. The van der Waals surface area contributed by atoms with Gasteiger partial charge in [0.05, 0.1) is 11.4 Å². The maximum Gasteiger partial charge on any atom is 0.274 e. The summed E-state index contributed by atoms with van der Waals surface area (Å²) in [4.78, 5) is 19.6. The molecule has 1 saturated heterocycles. The lowest BCUT2D eigenvalue weighted by atomic mass is 10.2. The van der Waals surface area contributed by atoms with Crippen LogP contribution in [0.4, 0.5) is 5.82 Å². The highest BCUT2D eigenvalue weighted by atomic mass is 16.2. The number of aryl methyl sites for hydroxylation is 1. The quantitative estimate of drug-likeness (QED) is 0.703. The highest BCUT2D eigenvalue weighted by Gasteiger charge is 2.17. The van der Waals surface area contributed by atoms with Gasteiger partial charge in [0.2, 0.25) is 0 Å². The average Bonchev–Trinajstić information content (AvgIpc) is 2.97. The molecule has 0 aliphatic carbocycles. The maximum atomic E-state index is 12.6. The van der Waals surface area contributed by atoms with Crippen LogP contribution in [0.3, 0.4) is 0 Å². The summed E-state index contributed by atoms with van der Waals surface area (Å²) in [6, 6.07) is 12.0. The number of pyridine rings is 1. The van der Waals surface area contributed by atoms with Crippen molar-refractivity contribution in [3.05, 3.63) is 65.1 Å². The van der Waals surface area contributed by atoms with Crippen LogP contribution in [-0.2, 0) is 6.54 Å². The Morgan fingerprint density at radius 3 is 2.40 bits per heavy atom. The van der Waals surface area contributed by atoms with Gasteiger partial charge in [-0.05, 0) is 50.5 Å². The van der Waals surface area contributed by atoms with E-state index in [1.54, 1.807) is 4.68 Å². The van der Waals surface area contributed by atoms with E-state index >= 15 is 0 Å². The van der Waals surface area contributed by atoms with E-state index in [0.29, 0.717) is 17.9 Å². The van der Waals surface area contributed by atoms with E-state index in [1.807, 2.05) is 56.4 Å². The molecule has 4 rings (SSSR count). The maximum absolute atomic E-state index is 12.6. The van der Waals surface area contributed by atoms with E-state index in [4.69, 9.17) is 0 Å². The van der Waals surface area contributed by atoms with E-state index in [2.05, 4.69) is 25.5 Å². The number of hydrogen-bond acceptors (Lipinski definition) is 5. The number of amides is 1. The minimum Gasteiger partial charge on any atom is -0.357 e. The first-order valence-electron chi connectivity index (χ1n) is 10.6. The molecule has 0 atom stereocenters. The van der Waals surface area contributed by atoms with Crippen LogP contribution in [0.2, 0.25) is 0 Å². The van der Waals surface area contributed by atoms with Gasteiger partial charge in [-0.3, -0.25) is 4.79 Å². The van der Waals surface area contributed by atoms with Crippen LogP contribution in [0.5, 0.6) is 0 Å². The molecule has 3 heterocycles. The van der Waals surface area contributed by atoms with Gasteiger partial charge >= 0.3 is 0 Å².